The number of anilines is 2. The van der Waals surface area contributed by atoms with Gasteiger partial charge in [0.25, 0.3) is 5.91 Å². The summed E-state index contributed by atoms with van der Waals surface area (Å²) >= 11 is 12.4. The number of amides is 2. The number of benzene rings is 3. The van der Waals surface area contributed by atoms with Crippen molar-refractivity contribution in [2.75, 3.05) is 43.5 Å². The van der Waals surface area contributed by atoms with E-state index in [4.69, 9.17) is 27.9 Å². The first-order chi connectivity index (χ1) is 16.9. The number of hydrogen-bond acceptors (Lipinski definition) is 4. The molecule has 4 rings (SSSR count). The molecule has 0 unspecified atom stereocenters. The van der Waals surface area contributed by atoms with Crippen molar-refractivity contribution in [3.05, 3.63) is 94.0 Å². The summed E-state index contributed by atoms with van der Waals surface area (Å²) in [4.78, 5) is 29.5. The molecular weight excluding hydrogens is 485 g/mol. The van der Waals surface area contributed by atoms with Crippen molar-refractivity contribution in [1.29, 1.82) is 0 Å². The van der Waals surface area contributed by atoms with Gasteiger partial charge in [-0.25, -0.2) is 0 Å². The van der Waals surface area contributed by atoms with Gasteiger partial charge in [0.1, 0.15) is 5.75 Å². The summed E-state index contributed by atoms with van der Waals surface area (Å²) in [5.41, 5.74) is 2.83. The number of halogens is 2. The van der Waals surface area contributed by atoms with Crippen LogP contribution in [0, 0.1) is 0 Å². The van der Waals surface area contributed by atoms with Crippen LogP contribution in [0.1, 0.15) is 15.9 Å². The molecule has 8 heteroatoms. The van der Waals surface area contributed by atoms with E-state index >= 15 is 0 Å². The van der Waals surface area contributed by atoms with Gasteiger partial charge in [0.2, 0.25) is 5.91 Å². The molecule has 1 N–H and O–H groups in total. The van der Waals surface area contributed by atoms with Crippen molar-refractivity contribution in [3.8, 4) is 5.75 Å². The Bertz CT molecular complexity index is 1240. The SMILES string of the molecule is COc1ccc(C(=O)Nc2cc(Cl)ccc2N2CCN(C(=O)/C=C/c3ccccc3)CC2)cc1Cl. The molecule has 0 saturated carbocycles. The number of rotatable bonds is 6. The van der Waals surface area contributed by atoms with Crippen LogP contribution in [0.25, 0.3) is 6.08 Å². The maximum Gasteiger partial charge on any atom is 0.255 e. The van der Waals surface area contributed by atoms with Crippen molar-refractivity contribution in [3.63, 3.8) is 0 Å². The molecular formula is C27H25Cl2N3O3. The molecule has 1 saturated heterocycles. The lowest BCUT2D eigenvalue weighted by Crippen LogP contribution is -2.48. The van der Waals surface area contributed by atoms with E-state index in [0.29, 0.717) is 53.2 Å². The summed E-state index contributed by atoms with van der Waals surface area (Å²) in [5, 5.41) is 3.81. The number of carbonyl (C=O) groups is 2. The highest BCUT2D eigenvalue weighted by Crippen LogP contribution is 2.31. The second kappa shape index (κ2) is 11.3. The average molecular weight is 510 g/mol. The number of methoxy groups -OCH3 is 1. The highest BCUT2D eigenvalue weighted by molar-refractivity contribution is 6.32. The smallest absolute Gasteiger partial charge is 0.255 e. The van der Waals surface area contributed by atoms with Crippen LogP contribution in [0.5, 0.6) is 5.75 Å². The molecule has 6 nitrogen and oxygen atoms in total. The van der Waals surface area contributed by atoms with Crippen molar-refractivity contribution in [2.24, 2.45) is 0 Å². The molecule has 1 aliphatic rings. The van der Waals surface area contributed by atoms with E-state index in [2.05, 4.69) is 10.2 Å². The van der Waals surface area contributed by atoms with Crippen molar-refractivity contribution in [2.45, 2.75) is 0 Å². The fourth-order valence-corrected chi connectivity index (χ4v) is 4.32. The quantitative estimate of drug-likeness (QED) is 0.438. The molecule has 0 atom stereocenters. The molecule has 1 heterocycles. The van der Waals surface area contributed by atoms with Gasteiger partial charge in [0.05, 0.1) is 23.5 Å². The van der Waals surface area contributed by atoms with Crippen LogP contribution >= 0.6 is 23.2 Å². The molecule has 3 aromatic carbocycles. The predicted molar refractivity (Wildman–Crippen MR) is 142 cm³/mol. The molecule has 0 aromatic heterocycles. The largest absolute Gasteiger partial charge is 0.495 e. The number of hydrogen-bond donors (Lipinski definition) is 1. The van der Waals surface area contributed by atoms with Gasteiger partial charge in [-0.05, 0) is 48.0 Å². The maximum absolute atomic E-state index is 12.9. The third-order valence-electron chi connectivity index (χ3n) is 5.77. The minimum absolute atomic E-state index is 0.0190. The Balaban J connectivity index is 1.43. The van der Waals surface area contributed by atoms with Gasteiger partial charge in [0, 0.05) is 42.8 Å². The van der Waals surface area contributed by atoms with Crippen LogP contribution in [-0.2, 0) is 4.79 Å². The first kappa shape index (κ1) is 24.6. The van der Waals surface area contributed by atoms with Gasteiger partial charge < -0.3 is 19.9 Å². The molecule has 3 aromatic rings. The molecule has 0 radical (unpaired) electrons. The van der Waals surface area contributed by atoms with Crippen molar-refractivity contribution in [1.82, 2.24) is 4.90 Å². The second-order valence-electron chi connectivity index (χ2n) is 8.02. The van der Waals surface area contributed by atoms with E-state index in [-0.39, 0.29) is 11.8 Å². The minimum Gasteiger partial charge on any atom is -0.495 e. The Morgan fingerprint density at radius 2 is 1.69 bits per heavy atom. The van der Waals surface area contributed by atoms with Gasteiger partial charge >= 0.3 is 0 Å². The monoisotopic (exact) mass is 509 g/mol. The van der Waals surface area contributed by atoms with Gasteiger partial charge in [-0.15, -0.1) is 0 Å². The van der Waals surface area contributed by atoms with Gasteiger partial charge in [-0.1, -0.05) is 53.5 Å². The van der Waals surface area contributed by atoms with E-state index in [0.717, 1.165) is 11.3 Å². The number of piperazine rings is 1. The first-order valence-corrected chi connectivity index (χ1v) is 11.9. The van der Waals surface area contributed by atoms with Crippen LogP contribution < -0.4 is 15.0 Å². The number of carbonyl (C=O) groups excluding carboxylic acids is 2. The zero-order chi connectivity index (χ0) is 24.8. The van der Waals surface area contributed by atoms with Gasteiger partial charge in [0.15, 0.2) is 0 Å². The second-order valence-corrected chi connectivity index (χ2v) is 8.86. The summed E-state index contributed by atoms with van der Waals surface area (Å²) in [6, 6.07) is 20.0. The van der Waals surface area contributed by atoms with Gasteiger partial charge in [-0.3, -0.25) is 9.59 Å². The van der Waals surface area contributed by atoms with E-state index in [1.165, 1.54) is 7.11 Å². The Morgan fingerprint density at radius 1 is 0.943 bits per heavy atom. The molecule has 0 aliphatic carbocycles. The van der Waals surface area contributed by atoms with Crippen molar-refractivity contribution >= 4 is 52.5 Å². The summed E-state index contributed by atoms with van der Waals surface area (Å²) in [5.74, 6) is 0.171. The third-order valence-corrected chi connectivity index (χ3v) is 6.30. The molecule has 0 spiro atoms. The Morgan fingerprint density at radius 3 is 2.37 bits per heavy atom. The predicted octanol–water partition coefficient (Wildman–Crippen LogP) is 5.62. The maximum atomic E-state index is 12.9. The zero-order valence-corrected chi connectivity index (χ0v) is 20.7. The highest BCUT2D eigenvalue weighted by Gasteiger charge is 2.22. The van der Waals surface area contributed by atoms with Crippen LogP contribution in [-0.4, -0.2) is 50.0 Å². The molecule has 0 bridgehead atoms. The topological polar surface area (TPSA) is 61.9 Å². The fraction of sp³-hybridized carbons (Fsp3) is 0.185. The standard InChI is InChI=1S/C27H25Cl2N3O3/c1-35-25-11-8-20(17-22(25)29)27(34)30-23-18-21(28)9-10-24(23)31-13-15-32(16-14-31)26(33)12-7-19-5-3-2-4-6-19/h2-12,17-18H,13-16H2,1H3,(H,30,34)/b12-7+. The van der Waals surface area contributed by atoms with Crippen LogP contribution in [0.3, 0.4) is 0 Å². The number of ether oxygens (including phenoxy) is 1. The molecule has 35 heavy (non-hydrogen) atoms. The lowest BCUT2D eigenvalue weighted by molar-refractivity contribution is -0.126. The Labute approximate surface area is 214 Å². The molecule has 180 valence electrons. The zero-order valence-electron chi connectivity index (χ0n) is 19.2. The third kappa shape index (κ3) is 6.15. The normalized spacial score (nSPS) is 13.7. The summed E-state index contributed by atoms with van der Waals surface area (Å²) in [6.07, 6.45) is 3.44. The van der Waals surface area contributed by atoms with Crippen molar-refractivity contribution < 1.29 is 14.3 Å². The number of nitrogens with one attached hydrogen (secondary N) is 1. The summed E-state index contributed by atoms with van der Waals surface area (Å²) in [6.45, 7) is 2.40. The van der Waals surface area contributed by atoms with Crippen LogP contribution in [0.4, 0.5) is 11.4 Å². The first-order valence-electron chi connectivity index (χ1n) is 11.2. The molecule has 2 amide bonds. The number of nitrogens with zero attached hydrogens (tertiary/aromatic N) is 2. The van der Waals surface area contributed by atoms with Gasteiger partial charge in [-0.2, -0.15) is 0 Å². The van der Waals surface area contributed by atoms with E-state index in [1.807, 2.05) is 47.4 Å². The van der Waals surface area contributed by atoms with E-state index in [9.17, 15) is 9.59 Å². The Kier molecular flexibility index (Phi) is 7.95. The van der Waals surface area contributed by atoms with Crippen LogP contribution in [0.2, 0.25) is 10.0 Å². The minimum atomic E-state index is -0.307. The van der Waals surface area contributed by atoms with E-state index in [1.54, 1.807) is 36.4 Å². The average Bonchev–Trinajstić information content (AvgIpc) is 2.88. The van der Waals surface area contributed by atoms with Crippen LogP contribution in [0.15, 0.2) is 72.8 Å². The molecule has 1 fully saturated rings. The highest BCUT2D eigenvalue weighted by atomic mass is 35.5. The Hall–Kier alpha value is -3.48. The molecule has 1 aliphatic heterocycles. The lowest BCUT2D eigenvalue weighted by atomic mass is 10.1. The summed E-state index contributed by atoms with van der Waals surface area (Å²) in [7, 11) is 1.52. The van der Waals surface area contributed by atoms with E-state index < -0.39 is 0 Å². The summed E-state index contributed by atoms with van der Waals surface area (Å²) < 4.78 is 5.16. The fourth-order valence-electron chi connectivity index (χ4n) is 3.89. The lowest BCUT2D eigenvalue weighted by Gasteiger charge is -2.36.